The summed E-state index contributed by atoms with van der Waals surface area (Å²) in [5, 5.41) is 7.95. The Morgan fingerprint density at radius 2 is 1.53 bits per heavy atom. The molecule has 2 nitrogen and oxygen atoms in total. The van der Waals surface area contributed by atoms with Crippen molar-refractivity contribution in [3.63, 3.8) is 0 Å². The Kier molecular flexibility index (Phi) is 2.83. The number of hydrogen-bond donors (Lipinski definition) is 1. The second-order valence-electron chi connectivity index (χ2n) is 4.04. The lowest BCUT2D eigenvalue weighted by Crippen LogP contribution is -1.96. The van der Waals surface area contributed by atoms with E-state index in [-0.39, 0.29) is 11.3 Å². The van der Waals surface area contributed by atoms with Gasteiger partial charge in [-0.2, -0.15) is 5.10 Å². The van der Waals surface area contributed by atoms with Gasteiger partial charge in [0.25, 0.3) is 0 Å². The van der Waals surface area contributed by atoms with Gasteiger partial charge in [-0.1, -0.05) is 42.5 Å². The lowest BCUT2D eigenvalue weighted by atomic mass is 10.0. The molecule has 0 amide bonds. The number of rotatable bonds is 1. The van der Waals surface area contributed by atoms with E-state index in [9.17, 15) is 8.78 Å². The lowest BCUT2D eigenvalue weighted by molar-refractivity contribution is 0.588. The number of hydrogen-bond acceptors (Lipinski definition) is 2. The molecule has 1 N–H and O–H groups in total. The fourth-order valence-corrected chi connectivity index (χ4v) is 2.25. The van der Waals surface area contributed by atoms with Gasteiger partial charge in [0.2, 0.25) is 0 Å². The van der Waals surface area contributed by atoms with Gasteiger partial charge in [-0.25, -0.2) is 8.78 Å². The van der Waals surface area contributed by atoms with Gasteiger partial charge in [0.05, 0.1) is 5.56 Å². The van der Waals surface area contributed by atoms with E-state index in [1.807, 2.05) is 6.07 Å². The van der Waals surface area contributed by atoms with E-state index >= 15 is 0 Å². The molecule has 0 saturated heterocycles. The van der Waals surface area contributed by atoms with Crippen LogP contribution in [0.4, 0.5) is 8.78 Å². The molecule has 0 aliphatic rings. The molecule has 2 aromatic carbocycles. The van der Waals surface area contributed by atoms with Crippen LogP contribution in [0.1, 0.15) is 0 Å². The molecule has 19 heavy (non-hydrogen) atoms. The van der Waals surface area contributed by atoms with Crippen molar-refractivity contribution in [1.82, 2.24) is 10.2 Å². The molecular formula is C14H8F2N2S. The number of halogens is 2. The van der Waals surface area contributed by atoms with E-state index in [0.29, 0.717) is 15.4 Å². The molecule has 1 heterocycles. The topological polar surface area (TPSA) is 28.7 Å². The van der Waals surface area contributed by atoms with Gasteiger partial charge in [-0.3, -0.25) is 5.10 Å². The van der Waals surface area contributed by atoms with E-state index in [1.54, 1.807) is 18.2 Å². The van der Waals surface area contributed by atoms with Crippen molar-refractivity contribution in [1.29, 1.82) is 0 Å². The highest BCUT2D eigenvalue weighted by molar-refractivity contribution is 7.71. The number of fused-ring (bicyclic) bond motifs is 1. The third kappa shape index (κ3) is 1.92. The normalized spacial score (nSPS) is 10.8. The highest BCUT2D eigenvalue weighted by Gasteiger charge is 2.15. The minimum atomic E-state index is -0.650. The van der Waals surface area contributed by atoms with Gasteiger partial charge >= 0.3 is 0 Å². The molecule has 5 heteroatoms. The zero-order chi connectivity index (χ0) is 13.4. The molecule has 94 valence electrons. The van der Waals surface area contributed by atoms with E-state index < -0.39 is 11.6 Å². The summed E-state index contributed by atoms with van der Waals surface area (Å²) in [5.74, 6) is -1.30. The van der Waals surface area contributed by atoms with Crippen LogP contribution in [-0.2, 0) is 0 Å². The quantitative estimate of drug-likeness (QED) is 0.672. The van der Waals surface area contributed by atoms with Crippen molar-refractivity contribution < 1.29 is 8.78 Å². The molecule has 3 rings (SSSR count). The molecule has 0 unspecified atom stereocenters. The third-order valence-electron chi connectivity index (χ3n) is 2.90. The van der Waals surface area contributed by atoms with Crippen LogP contribution in [0.25, 0.3) is 22.0 Å². The van der Waals surface area contributed by atoms with Crippen molar-refractivity contribution in [3.05, 3.63) is 58.7 Å². The highest BCUT2D eigenvalue weighted by Crippen LogP contribution is 2.30. The average molecular weight is 274 g/mol. The zero-order valence-corrected chi connectivity index (χ0v) is 10.5. The summed E-state index contributed by atoms with van der Waals surface area (Å²) in [7, 11) is 0. The first-order chi connectivity index (χ1) is 9.18. The Balaban J connectivity index is 2.45. The predicted octanol–water partition coefficient (Wildman–Crippen LogP) is 4.24. The number of aromatic amines is 1. The van der Waals surface area contributed by atoms with Crippen molar-refractivity contribution in [2.45, 2.75) is 0 Å². The Labute approximate surface area is 112 Å². The van der Waals surface area contributed by atoms with Crippen molar-refractivity contribution in [3.8, 4) is 11.3 Å². The van der Waals surface area contributed by atoms with E-state index in [1.165, 1.54) is 18.2 Å². The van der Waals surface area contributed by atoms with E-state index in [4.69, 9.17) is 12.2 Å². The first-order valence-corrected chi connectivity index (χ1v) is 6.01. The number of H-pyrrole nitrogens is 1. The molecule has 0 radical (unpaired) electrons. The Morgan fingerprint density at radius 3 is 2.21 bits per heavy atom. The minimum absolute atomic E-state index is 0.148. The number of nitrogens with zero attached hydrogens (tertiary/aromatic N) is 1. The summed E-state index contributed by atoms with van der Waals surface area (Å²) in [4.78, 5) is 0. The van der Waals surface area contributed by atoms with Crippen LogP contribution < -0.4 is 0 Å². The molecule has 0 spiro atoms. The summed E-state index contributed by atoms with van der Waals surface area (Å²) in [5.41, 5.74) is 0.0738. The predicted molar refractivity (Wildman–Crippen MR) is 72.3 cm³/mol. The molecule has 0 bridgehead atoms. The third-order valence-corrected chi connectivity index (χ3v) is 3.21. The van der Waals surface area contributed by atoms with Crippen LogP contribution >= 0.6 is 12.2 Å². The SMILES string of the molecule is Fc1cccc(F)c1-c1n[nH]c(=S)c2ccccc12. The molecule has 0 saturated carbocycles. The van der Waals surface area contributed by atoms with Gasteiger partial charge in [0.1, 0.15) is 22.0 Å². The first-order valence-electron chi connectivity index (χ1n) is 5.60. The van der Waals surface area contributed by atoms with Crippen LogP contribution in [0.3, 0.4) is 0 Å². The maximum atomic E-state index is 13.8. The van der Waals surface area contributed by atoms with Gasteiger partial charge in [0.15, 0.2) is 0 Å². The van der Waals surface area contributed by atoms with Crippen LogP contribution in [-0.4, -0.2) is 10.2 Å². The molecule has 3 aromatic rings. The maximum Gasteiger partial charge on any atom is 0.135 e. The Morgan fingerprint density at radius 1 is 0.895 bits per heavy atom. The van der Waals surface area contributed by atoms with Crippen LogP contribution in [0, 0.1) is 16.3 Å². The fourth-order valence-electron chi connectivity index (χ4n) is 2.03. The Bertz CT molecular complexity index is 807. The summed E-state index contributed by atoms with van der Waals surface area (Å²) in [6, 6.07) is 10.9. The Hall–Kier alpha value is -2.14. The number of nitrogens with one attached hydrogen (secondary N) is 1. The van der Waals surface area contributed by atoms with Gasteiger partial charge in [-0.15, -0.1) is 0 Å². The lowest BCUT2D eigenvalue weighted by Gasteiger charge is -2.07. The van der Waals surface area contributed by atoms with Crippen LogP contribution in [0.5, 0.6) is 0 Å². The summed E-state index contributed by atoms with van der Waals surface area (Å²) in [6.45, 7) is 0. The van der Waals surface area contributed by atoms with E-state index in [0.717, 1.165) is 0 Å². The summed E-state index contributed by atoms with van der Waals surface area (Å²) < 4.78 is 28.1. The smallest absolute Gasteiger partial charge is 0.135 e. The van der Waals surface area contributed by atoms with Gasteiger partial charge in [0, 0.05) is 10.8 Å². The molecule has 0 fully saturated rings. The van der Waals surface area contributed by atoms with E-state index in [2.05, 4.69) is 10.2 Å². The standard InChI is InChI=1S/C14H8F2N2S/c15-10-6-3-7-11(16)12(10)13-8-4-1-2-5-9(8)14(19)18-17-13/h1-7H,(H,18,19). The largest absolute Gasteiger partial charge is 0.267 e. The van der Waals surface area contributed by atoms with Crippen LogP contribution in [0.15, 0.2) is 42.5 Å². The summed E-state index contributed by atoms with van der Waals surface area (Å²) in [6.07, 6.45) is 0. The monoisotopic (exact) mass is 274 g/mol. The molecule has 1 aromatic heterocycles. The number of benzene rings is 2. The second-order valence-corrected chi connectivity index (χ2v) is 4.45. The molecular weight excluding hydrogens is 266 g/mol. The summed E-state index contributed by atoms with van der Waals surface area (Å²) >= 11 is 5.12. The minimum Gasteiger partial charge on any atom is -0.267 e. The fraction of sp³-hybridized carbons (Fsp3) is 0. The number of aromatic nitrogens is 2. The zero-order valence-electron chi connectivity index (χ0n) is 9.65. The molecule has 0 aliphatic carbocycles. The van der Waals surface area contributed by atoms with Crippen LogP contribution in [0.2, 0.25) is 0 Å². The van der Waals surface area contributed by atoms with Gasteiger partial charge in [-0.05, 0) is 12.1 Å². The van der Waals surface area contributed by atoms with Gasteiger partial charge < -0.3 is 0 Å². The molecule has 0 aliphatic heterocycles. The second kappa shape index (κ2) is 4.51. The molecule has 0 atom stereocenters. The van der Waals surface area contributed by atoms with Crippen molar-refractivity contribution in [2.75, 3.05) is 0 Å². The first kappa shape index (κ1) is 11.9. The average Bonchev–Trinajstić information content (AvgIpc) is 2.41. The highest BCUT2D eigenvalue weighted by atomic mass is 32.1. The van der Waals surface area contributed by atoms with Crippen molar-refractivity contribution >= 4 is 23.0 Å². The van der Waals surface area contributed by atoms with Crippen molar-refractivity contribution in [2.24, 2.45) is 0 Å². The maximum absolute atomic E-state index is 13.8.